The molecule has 0 aliphatic carbocycles. The molecule has 38 heavy (non-hydrogen) atoms. The topological polar surface area (TPSA) is 158 Å². The van der Waals surface area contributed by atoms with Crippen LogP contribution in [0.4, 0.5) is 25.5 Å². The number of aliphatic hydroxyl groups is 1. The maximum Gasteiger partial charge on any atom is 0.412 e. The van der Waals surface area contributed by atoms with E-state index in [0.717, 1.165) is 6.61 Å². The molecule has 5 N–H and O–H groups in total. The van der Waals surface area contributed by atoms with Gasteiger partial charge in [0, 0.05) is 24.4 Å². The van der Waals surface area contributed by atoms with Crippen molar-refractivity contribution >= 4 is 23.6 Å². The van der Waals surface area contributed by atoms with Crippen molar-refractivity contribution in [2.24, 2.45) is 5.73 Å². The van der Waals surface area contributed by atoms with Gasteiger partial charge in [-0.15, -0.1) is 0 Å². The first-order valence-corrected chi connectivity index (χ1v) is 11.8. The van der Waals surface area contributed by atoms with Crippen molar-refractivity contribution in [2.75, 3.05) is 37.6 Å². The van der Waals surface area contributed by atoms with Crippen LogP contribution >= 0.6 is 0 Å². The minimum Gasteiger partial charge on any atom is -0.475 e. The minimum atomic E-state index is -0.895. The quantitative estimate of drug-likeness (QED) is 0.358. The highest BCUT2D eigenvalue weighted by atomic mass is 19.1. The zero-order chi connectivity index (χ0) is 27.7. The Morgan fingerprint density at radius 3 is 2.55 bits per heavy atom. The van der Waals surface area contributed by atoms with Crippen LogP contribution < -0.4 is 21.1 Å². The molecule has 1 aliphatic rings. The number of pyridine rings is 2. The van der Waals surface area contributed by atoms with Crippen molar-refractivity contribution in [2.45, 2.75) is 26.4 Å². The fourth-order valence-electron chi connectivity index (χ4n) is 3.41. The summed E-state index contributed by atoms with van der Waals surface area (Å²) in [4.78, 5) is 31.3. The second-order valence-corrected chi connectivity index (χ2v) is 8.30. The van der Waals surface area contributed by atoms with Crippen LogP contribution in [0.25, 0.3) is 22.4 Å². The molecule has 3 heterocycles. The standard InChI is InChI=1S/C22H22FN5O5.C4H8O/c1-12-7-16(23)18(27-21(24)30)11-15(12)14-8-17(26-20(10-14)33-6-5-29)13-3-4-25-19(9-13)28-22(31)32-2;1-4-2-3-5-4/h3-4,7-11,29H,5-6H2,1-2H3,(H3,24,27,30)(H,25,28,31);4H,2-3H2,1H3/t;4-/m.0/s1. The lowest BCUT2D eigenvalue weighted by atomic mass is 9.98. The summed E-state index contributed by atoms with van der Waals surface area (Å²) in [7, 11) is 1.24. The maximum absolute atomic E-state index is 14.3. The Kier molecular flexibility index (Phi) is 9.91. The summed E-state index contributed by atoms with van der Waals surface area (Å²) in [5.74, 6) is -0.173. The van der Waals surface area contributed by atoms with Gasteiger partial charge in [0.2, 0.25) is 5.88 Å². The number of primary amides is 1. The number of nitrogens with one attached hydrogen (secondary N) is 2. The molecule has 3 amide bonds. The number of ether oxygens (including phenoxy) is 3. The number of methoxy groups -OCH3 is 1. The van der Waals surface area contributed by atoms with Gasteiger partial charge >= 0.3 is 12.1 Å². The van der Waals surface area contributed by atoms with Gasteiger partial charge in [-0.05, 0) is 67.3 Å². The summed E-state index contributed by atoms with van der Waals surface area (Å²) >= 11 is 0. The van der Waals surface area contributed by atoms with Crippen LogP contribution in [0.1, 0.15) is 18.9 Å². The minimum absolute atomic E-state index is 0.0122. The molecule has 4 rings (SSSR count). The molecule has 0 bridgehead atoms. The predicted molar refractivity (Wildman–Crippen MR) is 139 cm³/mol. The van der Waals surface area contributed by atoms with Gasteiger partial charge in [-0.1, -0.05) is 0 Å². The molecular formula is C26H30FN5O6. The SMILES string of the molecule is COC(=O)Nc1cc(-c2cc(-c3cc(NC(N)=O)c(F)cc3C)cc(OCCO)n2)ccn1.C[C@H]1CCO1. The molecule has 3 aromatic rings. The smallest absolute Gasteiger partial charge is 0.412 e. The molecule has 0 spiro atoms. The van der Waals surface area contributed by atoms with E-state index in [4.69, 9.17) is 20.3 Å². The zero-order valence-electron chi connectivity index (χ0n) is 21.3. The van der Waals surface area contributed by atoms with Crippen LogP contribution in [0.3, 0.4) is 0 Å². The van der Waals surface area contributed by atoms with Gasteiger partial charge < -0.3 is 30.4 Å². The summed E-state index contributed by atoms with van der Waals surface area (Å²) in [6.07, 6.45) is 2.64. The molecular weight excluding hydrogens is 497 g/mol. The largest absolute Gasteiger partial charge is 0.475 e. The van der Waals surface area contributed by atoms with Crippen molar-refractivity contribution in [3.8, 4) is 28.3 Å². The second-order valence-electron chi connectivity index (χ2n) is 8.30. The molecule has 2 aromatic heterocycles. The number of nitrogens with zero attached hydrogens (tertiary/aromatic N) is 2. The van der Waals surface area contributed by atoms with Gasteiger partial charge in [0.1, 0.15) is 18.2 Å². The Labute approximate surface area is 219 Å². The summed E-state index contributed by atoms with van der Waals surface area (Å²) < 4.78 is 29.3. The number of aromatic nitrogens is 2. The van der Waals surface area contributed by atoms with Crippen LogP contribution in [-0.4, -0.2) is 60.2 Å². The Balaban J connectivity index is 0.000000715. The molecule has 0 radical (unpaired) electrons. The third-order valence-corrected chi connectivity index (χ3v) is 5.42. The number of rotatable bonds is 7. The number of aliphatic hydroxyl groups excluding tert-OH is 1. The van der Waals surface area contributed by atoms with E-state index in [2.05, 4.69) is 32.3 Å². The van der Waals surface area contributed by atoms with Crippen LogP contribution in [0.15, 0.2) is 42.6 Å². The molecule has 1 aliphatic heterocycles. The summed E-state index contributed by atoms with van der Waals surface area (Å²) in [6, 6.07) is 8.48. The number of carbonyl (C=O) groups is 2. The van der Waals surface area contributed by atoms with Gasteiger partial charge in [0.25, 0.3) is 0 Å². The van der Waals surface area contributed by atoms with Gasteiger partial charge in [0.05, 0.1) is 31.2 Å². The monoisotopic (exact) mass is 527 g/mol. The summed E-state index contributed by atoms with van der Waals surface area (Å²) in [5.41, 5.74) is 7.93. The van der Waals surface area contributed by atoms with E-state index >= 15 is 0 Å². The van der Waals surface area contributed by atoms with E-state index < -0.39 is 17.9 Å². The Hall–Kier alpha value is -4.29. The van der Waals surface area contributed by atoms with Gasteiger partial charge in [-0.3, -0.25) is 5.32 Å². The molecule has 202 valence electrons. The van der Waals surface area contributed by atoms with Crippen molar-refractivity contribution < 1.29 is 33.3 Å². The fraction of sp³-hybridized carbons (Fsp3) is 0.308. The van der Waals surface area contributed by atoms with Gasteiger partial charge in [-0.25, -0.2) is 23.9 Å². The number of hydrogen-bond acceptors (Lipinski definition) is 8. The lowest BCUT2D eigenvalue weighted by molar-refractivity contribution is -0.0375. The lowest BCUT2D eigenvalue weighted by Crippen LogP contribution is -2.22. The number of urea groups is 1. The van der Waals surface area contributed by atoms with Crippen LogP contribution in [0.5, 0.6) is 5.88 Å². The maximum atomic E-state index is 14.3. The highest BCUT2D eigenvalue weighted by molar-refractivity contribution is 5.89. The first-order valence-electron chi connectivity index (χ1n) is 11.8. The fourth-order valence-corrected chi connectivity index (χ4v) is 3.41. The number of hydrogen-bond donors (Lipinski definition) is 4. The first kappa shape index (κ1) is 28.3. The number of amides is 3. The molecule has 1 aromatic carbocycles. The zero-order valence-corrected chi connectivity index (χ0v) is 21.3. The molecule has 1 fully saturated rings. The third-order valence-electron chi connectivity index (χ3n) is 5.42. The Bertz CT molecular complexity index is 1280. The van der Waals surface area contributed by atoms with E-state index in [1.807, 2.05) is 0 Å². The van der Waals surface area contributed by atoms with Crippen LogP contribution in [0.2, 0.25) is 0 Å². The molecule has 1 atom stereocenters. The van der Waals surface area contributed by atoms with E-state index in [0.29, 0.717) is 34.1 Å². The first-order chi connectivity index (χ1) is 18.2. The average Bonchev–Trinajstić information content (AvgIpc) is 2.87. The molecule has 1 saturated heterocycles. The van der Waals surface area contributed by atoms with Gasteiger partial charge in [0.15, 0.2) is 0 Å². The lowest BCUT2D eigenvalue weighted by Gasteiger charge is -2.20. The third kappa shape index (κ3) is 7.85. The van der Waals surface area contributed by atoms with Crippen LogP contribution in [-0.2, 0) is 9.47 Å². The van der Waals surface area contributed by atoms with Crippen molar-refractivity contribution in [3.05, 3.63) is 54.0 Å². The van der Waals surface area contributed by atoms with E-state index in [1.54, 1.807) is 31.2 Å². The van der Waals surface area contributed by atoms with Crippen molar-refractivity contribution in [1.82, 2.24) is 9.97 Å². The number of carbonyl (C=O) groups excluding carboxylic acids is 2. The summed E-state index contributed by atoms with van der Waals surface area (Å²) in [5, 5.41) is 13.9. The molecule has 11 nitrogen and oxygen atoms in total. The van der Waals surface area contributed by atoms with E-state index in [9.17, 15) is 14.0 Å². The molecule has 0 saturated carbocycles. The number of aryl methyl sites for hydroxylation is 1. The van der Waals surface area contributed by atoms with E-state index in [-0.39, 0.29) is 30.6 Å². The average molecular weight is 528 g/mol. The highest BCUT2D eigenvalue weighted by Crippen LogP contribution is 2.33. The number of anilines is 2. The summed E-state index contributed by atoms with van der Waals surface area (Å²) in [6.45, 7) is 4.58. The normalized spacial score (nSPS) is 13.9. The van der Waals surface area contributed by atoms with Gasteiger partial charge in [-0.2, -0.15) is 0 Å². The number of halogens is 1. The second kappa shape index (κ2) is 13.3. The predicted octanol–water partition coefficient (Wildman–Crippen LogP) is 4.09. The Morgan fingerprint density at radius 1 is 1.21 bits per heavy atom. The van der Waals surface area contributed by atoms with E-state index in [1.165, 1.54) is 31.9 Å². The van der Waals surface area contributed by atoms with Crippen molar-refractivity contribution in [1.29, 1.82) is 0 Å². The number of benzene rings is 1. The molecule has 12 heteroatoms. The number of nitrogens with two attached hydrogens (primary N) is 1. The highest BCUT2D eigenvalue weighted by Gasteiger charge is 2.15. The molecule has 0 unspecified atom stereocenters. The van der Waals surface area contributed by atoms with Crippen molar-refractivity contribution in [3.63, 3.8) is 0 Å². The Morgan fingerprint density at radius 2 is 1.95 bits per heavy atom. The van der Waals surface area contributed by atoms with Crippen LogP contribution in [0, 0.1) is 12.7 Å².